The van der Waals surface area contributed by atoms with Gasteiger partial charge in [0.2, 0.25) is 0 Å². The van der Waals surface area contributed by atoms with Gasteiger partial charge in [0.1, 0.15) is 0 Å². The molecule has 16 heavy (non-hydrogen) atoms. The Bertz CT molecular complexity index is 290. The third-order valence-electron chi connectivity index (χ3n) is 2.81. The second kappa shape index (κ2) is 6.79. The molecule has 0 N–H and O–H groups in total. The topological polar surface area (TPSA) is 20.3 Å². The lowest BCUT2D eigenvalue weighted by atomic mass is 10.2. The minimum absolute atomic E-state index is 0.112. The molecule has 1 atom stereocenters. The van der Waals surface area contributed by atoms with E-state index < -0.39 is 0 Å². The summed E-state index contributed by atoms with van der Waals surface area (Å²) in [6.07, 6.45) is 10.5. The molecule has 0 bridgehead atoms. The summed E-state index contributed by atoms with van der Waals surface area (Å²) < 4.78 is 0. The first-order valence-electron chi connectivity index (χ1n) is 5.80. The van der Waals surface area contributed by atoms with Gasteiger partial charge >= 0.3 is 0 Å². The van der Waals surface area contributed by atoms with Crippen molar-refractivity contribution in [3.8, 4) is 0 Å². The predicted octanol–water partition coefficient (Wildman–Crippen LogP) is 2.86. The number of rotatable bonds is 5. The van der Waals surface area contributed by atoms with Crippen LogP contribution in [-0.4, -0.2) is 35.3 Å². The van der Waals surface area contributed by atoms with Crippen LogP contribution in [0.5, 0.6) is 0 Å². The summed E-state index contributed by atoms with van der Waals surface area (Å²) >= 11 is 1.81. The summed E-state index contributed by atoms with van der Waals surface area (Å²) in [5.74, 6) is 0.112. The van der Waals surface area contributed by atoms with Crippen LogP contribution in [0.25, 0.3) is 0 Å². The van der Waals surface area contributed by atoms with E-state index in [1.165, 1.54) is 18.4 Å². The molecule has 0 aromatic heterocycles. The lowest BCUT2D eigenvalue weighted by Crippen LogP contribution is -2.14. The zero-order chi connectivity index (χ0) is 12.0. The SMILES string of the molecule is CSC(C)C(C=CC(C)=O)=CN1CCCC1. The van der Waals surface area contributed by atoms with Crippen LogP contribution in [0.4, 0.5) is 0 Å². The normalized spacial score (nSPS) is 19.4. The number of hydrogen-bond acceptors (Lipinski definition) is 3. The summed E-state index contributed by atoms with van der Waals surface area (Å²) in [5, 5.41) is 0.441. The summed E-state index contributed by atoms with van der Waals surface area (Å²) in [7, 11) is 0. The predicted molar refractivity (Wildman–Crippen MR) is 71.7 cm³/mol. The monoisotopic (exact) mass is 239 g/mol. The van der Waals surface area contributed by atoms with Gasteiger partial charge in [0.05, 0.1) is 0 Å². The van der Waals surface area contributed by atoms with Crippen molar-refractivity contribution in [2.24, 2.45) is 0 Å². The lowest BCUT2D eigenvalue weighted by Gasteiger charge is -2.16. The summed E-state index contributed by atoms with van der Waals surface area (Å²) in [5.41, 5.74) is 1.24. The van der Waals surface area contributed by atoms with Crippen LogP contribution in [0.1, 0.15) is 26.7 Å². The number of allylic oxidation sites excluding steroid dienone is 2. The zero-order valence-corrected chi connectivity index (χ0v) is 11.2. The first-order valence-corrected chi connectivity index (χ1v) is 7.09. The maximum Gasteiger partial charge on any atom is 0.152 e. The third-order valence-corrected chi connectivity index (χ3v) is 3.79. The van der Waals surface area contributed by atoms with Crippen LogP contribution >= 0.6 is 11.8 Å². The van der Waals surface area contributed by atoms with Crippen molar-refractivity contribution >= 4 is 17.5 Å². The average molecular weight is 239 g/mol. The molecule has 1 rings (SSSR count). The number of thioether (sulfide) groups is 1. The summed E-state index contributed by atoms with van der Waals surface area (Å²) in [6, 6.07) is 0. The molecule has 1 aliphatic rings. The zero-order valence-electron chi connectivity index (χ0n) is 10.4. The number of carbonyl (C=O) groups is 1. The van der Waals surface area contributed by atoms with Crippen molar-refractivity contribution in [1.82, 2.24) is 4.90 Å². The molecular formula is C13H21NOS. The van der Waals surface area contributed by atoms with Gasteiger partial charge in [-0.2, -0.15) is 11.8 Å². The van der Waals surface area contributed by atoms with Crippen molar-refractivity contribution in [3.63, 3.8) is 0 Å². The number of ketones is 1. The highest BCUT2D eigenvalue weighted by atomic mass is 32.2. The number of likely N-dealkylation sites (tertiary alicyclic amines) is 1. The minimum atomic E-state index is 0.112. The van der Waals surface area contributed by atoms with E-state index in [4.69, 9.17) is 0 Å². The molecule has 1 fully saturated rings. The van der Waals surface area contributed by atoms with Gasteiger partial charge in [-0.05, 0) is 44.6 Å². The van der Waals surface area contributed by atoms with E-state index in [-0.39, 0.29) is 5.78 Å². The molecule has 0 amide bonds. The Kier molecular flexibility index (Phi) is 5.67. The standard InChI is InChI=1S/C13H21NOS/c1-11(15)6-7-13(12(2)16-3)10-14-8-4-5-9-14/h6-7,10,12H,4-5,8-9H2,1-3H3. The van der Waals surface area contributed by atoms with Crippen LogP contribution in [0.3, 0.4) is 0 Å². The maximum absolute atomic E-state index is 11.0. The highest BCUT2D eigenvalue weighted by molar-refractivity contribution is 7.99. The molecule has 0 aliphatic carbocycles. The van der Waals surface area contributed by atoms with Crippen LogP contribution in [-0.2, 0) is 4.79 Å². The van der Waals surface area contributed by atoms with Crippen molar-refractivity contribution < 1.29 is 4.79 Å². The van der Waals surface area contributed by atoms with Crippen molar-refractivity contribution in [3.05, 3.63) is 23.9 Å². The Morgan fingerprint density at radius 3 is 2.44 bits per heavy atom. The van der Waals surface area contributed by atoms with E-state index in [2.05, 4.69) is 24.3 Å². The summed E-state index contributed by atoms with van der Waals surface area (Å²) in [6.45, 7) is 6.07. The number of carbonyl (C=O) groups excluding carboxylic acids is 1. The Labute approximate surface area is 103 Å². The van der Waals surface area contributed by atoms with E-state index in [9.17, 15) is 4.79 Å². The highest BCUT2D eigenvalue weighted by Gasteiger charge is 2.11. The minimum Gasteiger partial charge on any atom is -0.377 e. The molecule has 90 valence electrons. The van der Waals surface area contributed by atoms with Gasteiger partial charge in [-0.15, -0.1) is 0 Å². The van der Waals surface area contributed by atoms with E-state index in [0.717, 1.165) is 13.1 Å². The quantitative estimate of drug-likeness (QED) is 0.543. The van der Waals surface area contributed by atoms with E-state index in [1.807, 2.05) is 17.8 Å². The second-order valence-corrected chi connectivity index (χ2v) is 5.37. The molecule has 1 heterocycles. The molecule has 0 saturated carbocycles. The van der Waals surface area contributed by atoms with Crippen LogP contribution in [0, 0.1) is 0 Å². The molecule has 0 radical (unpaired) electrons. The van der Waals surface area contributed by atoms with Crippen LogP contribution in [0.15, 0.2) is 23.9 Å². The second-order valence-electron chi connectivity index (χ2n) is 4.19. The van der Waals surface area contributed by atoms with Crippen molar-refractivity contribution in [1.29, 1.82) is 0 Å². The van der Waals surface area contributed by atoms with E-state index in [1.54, 1.807) is 13.0 Å². The van der Waals surface area contributed by atoms with E-state index >= 15 is 0 Å². The maximum atomic E-state index is 11.0. The summed E-state index contributed by atoms with van der Waals surface area (Å²) in [4.78, 5) is 13.3. The Hall–Kier alpha value is -0.700. The molecule has 1 aliphatic heterocycles. The molecule has 1 unspecified atom stereocenters. The molecule has 0 aromatic carbocycles. The Morgan fingerprint density at radius 1 is 1.31 bits per heavy atom. The van der Waals surface area contributed by atoms with E-state index in [0.29, 0.717) is 5.25 Å². The molecular weight excluding hydrogens is 218 g/mol. The van der Waals surface area contributed by atoms with Crippen molar-refractivity contribution in [2.45, 2.75) is 31.9 Å². The largest absolute Gasteiger partial charge is 0.377 e. The molecule has 1 saturated heterocycles. The van der Waals surface area contributed by atoms with Gasteiger partial charge in [0.25, 0.3) is 0 Å². The fraction of sp³-hybridized carbons (Fsp3) is 0.615. The first-order chi connectivity index (χ1) is 7.63. The van der Waals surface area contributed by atoms with Gasteiger partial charge in [-0.25, -0.2) is 0 Å². The fourth-order valence-electron chi connectivity index (χ4n) is 1.71. The molecule has 2 nitrogen and oxygen atoms in total. The van der Waals surface area contributed by atoms with Crippen LogP contribution < -0.4 is 0 Å². The smallest absolute Gasteiger partial charge is 0.152 e. The number of nitrogens with zero attached hydrogens (tertiary/aromatic N) is 1. The van der Waals surface area contributed by atoms with Crippen molar-refractivity contribution in [2.75, 3.05) is 19.3 Å². The van der Waals surface area contributed by atoms with Gasteiger partial charge < -0.3 is 4.90 Å². The van der Waals surface area contributed by atoms with Crippen LogP contribution in [0.2, 0.25) is 0 Å². The molecule has 0 aromatic rings. The Balaban J connectivity index is 2.72. The van der Waals surface area contributed by atoms with Gasteiger partial charge in [0.15, 0.2) is 5.78 Å². The highest BCUT2D eigenvalue weighted by Crippen LogP contribution is 2.19. The average Bonchev–Trinajstić information content (AvgIpc) is 2.75. The van der Waals surface area contributed by atoms with Gasteiger partial charge in [-0.3, -0.25) is 4.79 Å². The first kappa shape index (κ1) is 13.4. The number of hydrogen-bond donors (Lipinski definition) is 0. The van der Waals surface area contributed by atoms with Gasteiger partial charge in [0, 0.05) is 24.5 Å². The lowest BCUT2D eigenvalue weighted by molar-refractivity contribution is -0.112. The Morgan fingerprint density at radius 2 is 1.94 bits per heavy atom. The van der Waals surface area contributed by atoms with Gasteiger partial charge in [-0.1, -0.05) is 6.08 Å². The fourth-order valence-corrected chi connectivity index (χ4v) is 2.13. The molecule has 0 spiro atoms. The molecule has 3 heteroatoms. The third kappa shape index (κ3) is 4.44.